The Hall–Kier alpha value is -2.04. The van der Waals surface area contributed by atoms with Gasteiger partial charge in [-0.1, -0.05) is 12.1 Å². The molecule has 1 rings (SSSR count). The summed E-state index contributed by atoms with van der Waals surface area (Å²) in [6, 6.07) is 7.80. The van der Waals surface area contributed by atoms with E-state index in [1.165, 1.54) is 12.7 Å². The van der Waals surface area contributed by atoms with Crippen LogP contribution in [0.5, 0.6) is 0 Å². The average molecular weight is 224 g/mol. The summed E-state index contributed by atoms with van der Waals surface area (Å²) in [6.07, 6.45) is 0.441. The molecule has 5 heteroatoms. The van der Waals surface area contributed by atoms with Gasteiger partial charge in [0.1, 0.15) is 6.54 Å². The van der Waals surface area contributed by atoms with Gasteiger partial charge in [-0.05, 0) is 24.6 Å². The summed E-state index contributed by atoms with van der Waals surface area (Å²) in [5, 5.41) is 2.14. The fraction of sp³-hybridized carbons (Fsp3) is 0.273. The summed E-state index contributed by atoms with van der Waals surface area (Å²) in [6.45, 7) is 1.97. The Morgan fingerprint density at radius 3 is 2.62 bits per heavy atom. The van der Waals surface area contributed by atoms with Gasteiger partial charge in [0, 0.05) is 5.69 Å². The smallest absolute Gasteiger partial charge is 0.325 e. The molecule has 0 radical (unpaired) electrons. The SMILES string of the molecule is COC(=O)CNC=O.Cc1cccc(N)c1. The predicted molar refractivity (Wildman–Crippen MR) is 61.7 cm³/mol. The number of ether oxygens (including phenoxy) is 1. The lowest BCUT2D eigenvalue weighted by molar-refractivity contribution is -0.140. The third-order valence-electron chi connectivity index (χ3n) is 1.60. The van der Waals surface area contributed by atoms with E-state index in [4.69, 9.17) is 5.73 Å². The summed E-state index contributed by atoms with van der Waals surface area (Å²) in [7, 11) is 1.26. The standard InChI is InChI=1S/C7H9N.C4H7NO3/c1-6-3-2-4-7(8)5-6;1-8-4(7)2-5-3-6/h2-5H,8H2,1H3;3H,2H2,1H3,(H,5,6). The molecule has 0 unspecified atom stereocenters. The fourth-order valence-corrected chi connectivity index (χ4v) is 0.867. The van der Waals surface area contributed by atoms with Crippen molar-refractivity contribution in [1.29, 1.82) is 0 Å². The monoisotopic (exact) mass is 224 g/mol. The lowest BCUT2D eigenvalue weighted by atomic mass is 10.2. The Kier molecular flexibility index (Phi) is 7.23. The van der Waals surface area contributed by atoms with Gasteiger partial charge in [-0.25, -0.2) is 0 Å². The number of benzene rings is 1. The molecule has 88 valence electrons. The predicted octanol–water partition coefficient (Wildman–Crippen LogP) is 0.483. The van der Waals surface area contributed by atoms with Crippen LogP contribution in [-0.4, -0.2) is 26.0 Å². The second-order valence-corrected chi connectivity index (χ2v) is 2.99. The molecule has 0 aromatic heterocycles. The molecule has 0 bridgehead atoms. The number of nitrogen functional groups attached to an aromatic ring is 1. The quantitative estimate of drug-likeness (QED) is 0.444. The van der Waals surface area contributed by atoms with E-state index in [1.54, 1.807) is 0 Å². The second kappa shape index (κ2) is 8.28. The molecule has 16 heavy (non-hydrogen) atoms. The van der Waals surface area contributed by atoms with Gasteiger partial charge in [0.2, 0.25) is 6.41 Å². The van der Waals surface area contributed by atoms with E-state index < -0.39 is 5.97 Å². The summed E-state index contributed by atoms with van der Waals surface area (Å²) in [5.74, 6) is -0.447. The van der Waals surface area contributed by atoms with Gasteiger partial charge in [0.05, 0.1) is 7.11 Å². The number of nitrogens with one attached hydrogen (secondary N) is 1. The number of nitrogens with two attached hydrogens (primary N) is 1. The fourth-order valence-electron chi connectivity index (χ4n) is 0.867. The minimum Gasteiger partial charge on any atom is -0.468 e. The third-order valence-corrected chi connectivity index (χ3v) is 1.60. The molecule has 5 nitrogen and oxygen atoms in total. The molecular formula is C11H16N2O3. The number of aryl methyl sites for hydroxylation is 1. The van der Waals surface area contributed by atoms with Crippen LogP contribution in [0.1, 0.15) is 5.56 Å². The van der Waals surface area contributed by atoms with Crippen LogP contribution in [-0.2, 0) is 14.3 Å². The Morgan fingerprint density at radius 2 is 2.25 bits per heavy atom. The number of hydrogen-bond donors (Lipinski definition) is 2. The van der Waals surface area contributed by atoms with Gasteiger partial charge in [-0.2, -0.15) is 0 Å². The zero-order valence-electron chi connectivity index (χ0n) is 9.40. The van der Waals surface area contributed by atoms with Crippen LogP contribution in [0, 0.1) is 6.92 Å². The maximum Gasteiger partial charge on any atom is 0.325 e. The van der Waals surface area contributed by atoms with Crippen molar-refractivity contribution in [2.24, 2.45) is 0 Å². The van der Waals surface area contributed by atoms with Crippen LogP contribution in [0.4, 0.5) is 5.69 Å². The van der Waals surface area contributed by atoms with E-state index in [0.29, 0.717) is 6.41 Å². The molecule has 1 amide bonds. The van der Waals surface area contributed by atoms with Crippen molar-refractivity contribution >= 4 is 18.1 Å². The van der Waals surface area contributed by atoms with E-state index in [9.17, 15) is 9.59 Å². The van der Waals surface area contributed by atoms with Gasteiger partial charge in [-0.3, -0.25) is 9.59 Å². The highest BCUT2D eigenvalue weighted by Crippen LogP contribution is 2.03. The van der Waals surface area contributed by atoms with Gasteiger partial charge >= 0.3 is 5.97 Å². The highest BCUT2D eigenvalue weighted by molar-refractivity contribution is 5.73. The highest BCUT2D eigenvalue weighted by atomic mass is 16.5. The lowest BCUT2D eigenvalue weighted by Gasteiger charge is -1.93. The van der Waals surface area contributed by atoms with Crippen molar-refractivity contribution in [3.63, 3.8) is 0 Å². The van der Waals surface area contributed by atoms with Crippen molar-refractivity contribution in [1.82, 2.24) is 5.32 Å². The molecule has 3 N–H and O–H groups in total. The highest BCUT2D eigenvalue weighted by Gasteiger charge is 1.93. The van der Waals surface area contributed by atoms with E-state index in [-0.39, 0.29) is 6.54 Å². The maximum absolute atomic E-state index is 10.1. The van der Waals surface area contributed by atoms with Gasteiger partial charge in [0.15, 0.2) is 0 Å². The van der Waals surface area contributed by atoms with E-state index in [1.807, 2.05) is 31.2 Å². The number of carbonyl (C=O) groups is 2. The molecule has 1 aromatic carbocycles. The molecule has 0 aliphatic heterocycles. The Morgan fingerprint density at radius 1 is 1.56 bits per heavy atom. The summed E-state index contributed by atoms with van der Waals surface area (Å²) in [5.41, 5.74) is 7.51. The van der Waals surface area contributed by atoms with Crippen LogP contribution in [0.25, 0.3) is 0 Å². The first kappa shape index (κ1) is 14.0. The van der Waals surface area contributed by atoms with Crippen molar-refractivity contribution in [3.05, 3.63) is 29.8 Å². The van der Waals surface area contributed by atoms with Crippen LogP contribution in [0.15, 0.2) is 24.3 Å². The molecule has 0 spiro atoms. The minimum atomic E-state index is -0.447. The second-order valence-electron chi connectivity index (χ2n) is 2.99. The number of anilines is 1. The summed E-state index contributed by atoms with van der Waals surface area (Å²) < 4.78 is 4.19. The Bertz CT molecular complexity index is 323. The first-order chi connectivity index (χ1) is 7.60. The molecule has 1 aromatic rings. The zero-order valence-corrected chi connectivity index (χ0v) is 9.40. The molecule has 0 heterocycles. The minimum absolute atomic E-state index is 0.0556. The number of rotatable bonds is 3. The number of hydrogen-bond acceptors (Lipinski definition) is 4. The normalized spacial score (nSPS) is 8.38. The molecule has 0 atom stereocenters. The van der Waals surface area contributed by atoms with E-state index in [0.717, 1.165) is 5.69 Å². The number of carbonyl (C=O) groups excluding carboxylic acids is 2. The van der Waals surface area contributed by atoms with Gasteiger partial charge in [-0.15, -0.1) is 0 Å². The average Bonchev–Trinajstić information content (AvgIpc) is 2.26. The molecule has 0 saturated heterocycles. The topological polar surface area (TPSA) is 81.4 Å². The summed E-state index contributed by atoms with van der Waals surface area (Å²) >= 11 is 0. The first-order valence-corrected chi connectivity index (χ1v) is 4.66. The Labute approximate surface area is 94.6 Å². The number of esters is 1. The van der Waals surface area contributed by atoms with E-state index in [2.05, 4.69) is 10.1 Å². The van der Waals surface area contributed by atoms with E-state index >= 15 is 0 Å². The summed E-state index contributed by atoms with van der Waals surface area (Å²) in [4.78, 5) is 19.6. The van der Waals surface area contributed by atoms with Crippen molar-refractivity contribution in [2.45, 2.75) is 6.92 Å². The molecule has 0 fully saturated rings. The number of methoxy groups -OCH3 is 1. The first-order valence-electron chi connectivity index (χ1n) is 4.66. The maximum atomic E-state index is 10.1. The largest absolute Gasteiger partial charge is 0.468 e. The molecule has 0 aliphatic carbocycles. The molecule has 0 saturated carbocycles. The van der Waals surface area contributed by atoms with Gasteiger partial charge < -0.3 is 15.8 Å². The van der Waals surface area contributed by atoms with Crippen LogP contribution in [0.3, 0.4) is 0 Å². The third kappa shape index (κ3) is 7.37. The van der Waals surface area contributed by atoms with Crippen LogP contribution in [0.2, 0.25) is 0 Å². The van der Waals surface area contributed by atoms with Gasteiger partial charge in [0.25, 0.3) is 0 Å². The van der Waals surface area contributed by atoms with Crippen molar-refractivity contribution in [2.75, 3.05) is 19.4 Å². The van der Waals surface area contributed by atoms with Crippen LogP contribution < -0.4 is 11.1 Å². The Balaban J connectivity index is 0.000000281. The van der Waals surface area contributed by atoms with Crippen LogP contribution >= 0.6 is 0 Å². The lowest BCUT2D eigenvalue weighted by Crippen LogP contribution is -2.21. The molecule has 0 aliphatic rings. The van der Waals surface area contributed by atoms with Crippen molar-refractivity contribution < 1.29 is 14.3 Å². The molecular weight excluding hydrogens is 208 g/mol. The number of amides is 1. The van der Waals surface area contributed by atoms with Crippen molar-refractivity contribution in [3.8, 4) is 0 Å². The zero-order chi connectivity index (χ0) is 12.4.